The Morgan fingerprint density at radius 3 is 2.52 bits per heavy atom. The van der Waals surface area contributed by atoms with Crippen LogP contribution in [0.15, 0.2) is 42.5 Å². The summed E-state index contributed by atoms with van der Waals surface area (Å²) in [5.41, 5.74) is 0.105. The van der Waals surface area contributed by atoms with Crippen molar-refractivity contribution in [2.24, 2.45) is 0 Å². The summed E-state index contributed by atoms with van der Waals surface area (Å²) >= 11 is 5.76. The Morgan fingerprint density at radius 2 is 1.92 bits per heavy atom. The van der Waals surface area contributed by atoms with Gasteiger partial charge in [0.1, 0.15) is 5.82 Å². The molecule has 0 bridgehead atoms. The molecular formula is C19H17ClF3NO. The molecule has 0 aliphatic heterocycles. The second kappa shape index (κ2) is 6.71. The summed E-state index contributed by atoms with van der Waals surface area (Å²) in [6.45, 7) is 0.758. The first-order chi connectivity index (χ1) is 11.8. The van der Waals surface area contributed by atoms with E-state index >= 15 is 0 Å². The maximum absolute atomic E-state index is 14.1. The molecule has 25 heavy (non-hydrogen) atoms. The molecule has 2 unspecified atom stereocenters. The van der Waals surface area contributed by atoms with E-state index in [1.54, 1.807) is 18.2 Å². The van der Waals surface area contributed by atoms with Crippen LogP contribution in [0, 0.1) is 5.82 Å². The average Bonchev–Trinajstić information content (AvgIpc) is 2.53. The molecule has 6 heteroatoms. The lowest BCUT2D eigenvalue weighted by Gasteiger charge is -2.38. The van der Waals surface area contributed by atoms with E-state index in [0.717, 1.165) is 13.3 Å². The van der Waals surface area contributed by atoms with E-state index < -0.39 is 17.6 Å². The normalized spacial score (nSPS) is 20.0. The monoisotopic (exact) mass is 367 g/mol. The largest absolute Gasteiger partial charge is 0.349 e. The van der Waals surface area contributed by atoms with Gasteiger partial charge in [0.05, 0.1) is 0 Å². The first-order valence-electron chi connectivity index (χ1n) is 8.00. The number of rotatable bonds is 4. The highest BCUT2D eigenvalue weighted by atomic mass is 35.5. The lowest BCUT2D eigenvalue weighted by atomic mass is 9.74. The highest BCUT2D eigenvalue weighted by Crippen LogP contribution is 2.39. The molecule has 2 atom stereocenters. The lowest BCUT2D eigenvalue weighted by Crippen LogP contribution is -2.46. The Bertz CT molecular complexity index is 803. The Morgan fingerprint density at radius 1 is 1.20 bits per heavy atom. The van der Waals surface area contributed by atoms with Gasteiger partial charge in [-0.05, 0) is 36.6 Å². The third kappa shape index (κ3) is 3.66. The van der Waals surface area contributed by atoms with Crippen LogP contribution in [-0.2, 0) is 5.92 Å². The van der Waals surface area contributed by atoms with Crippen molar-refractivity contribution in [1.29, 1.82) is 0 Å². The molecule has 0 radical (unpaired) electrons. The molecular weight excluding hydrogens is 351 g/mol. The van der Waals surface area contributed by atoms with Gasteiger partial charge in [0.2, 0.25) is 0 Å². The van der Waals surface area contributed by atoms with E-state index in [1.165, 1.54) is 24.3 Å². The number of halogens is 4. The van der Waals surface area contributed by atoms with Crippen LogP contribution in [0.1, 0.15) is 47.2 Å². The fourth-order valence-corrected chi connectivity index (χ4v) is 3.32. The number of amides is 1. The molecule has 2 aromatic rings. The molecule has 0 saturated heterocycles. The van der Waals surface area contributed by atoms with Crippen LogP contribution in [0.4, 0.5) is 13.2 Å². The fraction of sp³-hybridized carbons (Fsp3) is 0.316. The zero-order valence-corrected chi connectivity index (χ0v) is 14.3. The van der Waals surface area contributed by atoms with Crippen molar-refractivity contribution in [3.8, 4) is 0 Å². The zero-order chi connectivity index (χ0) is 18.2. The van der Waals surface area contributed by atoms with E-state index in [-0.39, 0.29) is 23.1 Å². The first kappa shape index (κ1) is 17.8. The lowest BCUT2D eigenvalue weighted by molar-refractivity contribution is 0.0162. The summed E-state index contributed by atoms with van der Waals surface area (Å²) in [6.07, 6.45) is 1.39. The van der Waals surface area contributed by atoms with Crippen LogP contribution in [0.25, 0.3) is 0 Å². The van der Waals surface area contributed by atoms with Crippen LogP contribution in [0.5, 0.6) is 0 Å². The maximum atomic E-state index is 14.1. The van der Waals surface area contributed by atoms with Crippen molar-refractivity contribution < 1.29 is 18.0 Å². The predicted molar refractivity (Wildman–Crippen MR) is 90.6 cm³/mol. The minimum atomic E-state index is -3.12. The summed E-state index contributed by atoms with van der Waals surface area (Å²) in [4.78, 5) is 12.5. The smallest absolute Gasteiger partial charge is 0.271 e. The van der Waals surface area contributed by atoms with E-state index in [4.69, 9.17) is 11.6 Å². The molecule has 1 fully saturated rings. The molecule has 0 heterocycles. The van der Waals surface area contributed by atoms with Crippen LogP contribution >= 0.6 is 11.6 Å². The highest BCUT2D eigenvalue weighted by molar-refractivity contribution is 6.30. The van der Waals surface area contributed by atoms with Gasteiger partial charge in [-0.25, -0.2) is 13.2 Å². The van der Waals surface area contributed by atoms with Gasteiger partial charge in [0.15, 0.2) is 0 Å². The molecule has 1 amide bonds. The van der Waals surface area contributed by atoms with Gasteiger partial charge >= 0.3 is 0 Å². The summed E-state index contributed by atoms with van der Waals surface area (Å²) in [5.74, 6) is -4.29. The van der Waals surface area contributed by atoms with Crippen molar-refractivity contribution in [3.63, 3.8) is 0 Å². The Balaban J connectivity index is 1.78. The van der Waals surface area contributed by atoms with E-state index in [9.17, 15) is 18.0 Å². The minimum Gasteiger partial charge on any atom is -0.349 e. The first-order valence-corrected chi connectivity index (χ1v) is 8.38. The van der Waals surface area contributed by atoms with Crippen LogP contribution in [-0.4, -0.2) is 11.9 Å². The van der Waals surface area contributed by atoms with Gasteiger partial charge < -0.3 is 5.32 Å². The van der Waals surface area contributed by atoms with Crippen LogP contribution in [0.2, 0.25) is 5.02 Å². The van der Waals surface area contributed by atoms with Crippen molar-refractivity contribution in [1.82, 2.24) is 5.32 Å². The highest BCUT2D eigenvalue weighted by Gasteiger charge is 2.36. The van der Waals surface area contributed by atoms with Gasteiger partial charge in [-0.3, -0.25) is 4.79 Å². The third-order valence-corrected chi connectivity index (χ3v) is 4.83. The molecule has 1 N–H and O–H groups in total. The van der Waals surface area contributed by atoms with Crippen molar-refractivity contribution in [3.05, 3.63) is 70.0 Å². The Hall–Kier alpha value is -2.01. The summed E-state index contributed by atoms with van der Waals surface area (Å²) in [7, 11) is 0. The third-order valence-electron chi connectivity index (χ3n) is 4.60. The summed E-state index contributed by atoms with van der Waals surface area (Å²) < 4.78 is 41.5. The van der Waals surface area contributed by atoms with E-state index in [0.29, 0.717) is 17.0 Å². The number of hydrogen-bond donors (Lipinski definition) is 1. The maximum Gasteiger partial charge on any atom is 0.271 e. The van der Waals surface area contributed by atoms with E-state index in [1.807, 2.05) is 0 Å². The SMILES string of the molecule is CC(F)(F)c1ccccc1C(=O)NC1CCC1c1ccc(Cl)cc1F. The Kier molecular flexibility index (Phi) is 4.78. The second-order valence-electron chi connectivity index (χ2n) is 6.36. The number of carbonyl (C=O) groups excluding carboxylic acids is 1. The predicted octanol–water partition coefficient (Wildman–Crippen LogP) is 5.27. The molecule has 1 saturated carbocycles. The average molecular weight is 368 g/mol. The summed E-state index contributed by atoms with van der Waals surface area (Å²) in [5, 5.41) is 3.07. The van der Waals surface area contributed by atoms with Gasteiger partial charge in [0.25, 0.3) is 11.8 Å². The number of nitrogens with one attached hydrogen (secondary N) is 1. The number of hydrogen-bond acceptors (Lipinski definition) is 1. The van der Waals surface area contributed by atoms with Crippen molar-refractivity contribution >= 4 is 17.5 Å². The minimum absolute atomic E-state index is 0.0581. The number of benzene rings is 2. The van der Waals surface area contributed by atoms with Gasteiger partial charge in [-0.2, -0.15) is 0 Å². The standard InChI is InChI=1S/C19H17ClF3NO/c1-19(22,23)15-5-3-2-4-14(15)18(25)24-17-9-8-13(17)12-7-6-11(20)10-16(12)21/h2-7,10,13,17H,8-9H2,1H3,(H,24,25). The zero-order valence-electron chi connectivity index (χ0n) is 13.5. The molecule has 132 valence electrons. The van der Waals surface area contributed by atoms with Crippen LogP contribution < -0.4 is 5.32 Å². The molecule has 2 aromatic carbocycles. The molecule has 0 aromatic heterocycles. The van der Waals surface area contributed by atoms with Gasteiger partial charge in [-0.1, -0.05) is 35.9 Å². The molecule has 0 spiro atoms. The molecule has 3 rings (SSSR count). The van der Waals surface area contributed by atoms with Crippen molar-refractivity contribution in [2.75, 3.05) is 0 Å². The molecule has 1 aliphatic carbocycles. The topological polar surface area (TPSA) is 29.1 Å². The number of carbonyl (C=O) groups is 1. The second-order valence-corrected chi connectivity index (χ2v) is 6.80. The quantitative estimate of drug-likeness (QED) is 0.784. The Labute approximate surface area is 149 Å². The van der Waals surface area contributed by atoms with E-state index in [2.05, 4.69) is 5.32 Å². The van der Waals surface area contributed by atoms with Crippen molar-refractivity contribution in [2.45, 2.75) is 37.6 Å². The van der Waals surface area contributed by atoms with Crippen LogP contribution in [0.3, 0.4) is 0 Å². The van der Waals surface area contributed by atoms with Gasteiger partial charge in [0, 0.05) is 35.0 Å². The molecule has 2 nitrogen and oxygen atoms in total. The van der Waals surface area contributed by atoms with Gasteiger partial charge in [-0.15, -0.1) is 0 Å². The summed E-state index contributed by atoms with van der Waals surface area (Å²) in [6, 6.07) is 9.78. The fourth-order valence-electron chi connectivity index (χ4n) is 3.16. The number of alkyl halides is 2. The molecule has 1 aliphatic rings.